The van der Waals surface area contributed by atoms with Gasteiger partial charge in [-0.25, -0.2) is 4.79 Å². The molecule has 1 heterocycles. The Hall–Kier alpha value is -1.79. The molecule has 0 fully saturated rings. The minimum Gasteiger partial charge on any atom is -0.408 e. The monoisotopic (exact) mass is 313 g/mol. The van der Waals surface area contributed by atoms with Crippen molar-refractivity contribution in [2.24, 2.45) is 0 Å². The van der Waals surface area contributed by atoms with Crippen molar-refractivity contribution in [2.75, 3.05) is 13.6 Å². The number of amides is 1. The topological polar surface area (TPSA) is 76.3 Å². The van der Waals surface area contributed by atoms with E-state index < -0.39 is 5.76 Å². The summed E-state index contributed by atoms with van der Waals surface area (Å²) >= 11 is 0. The molecular weight excluding hydrogens is 294 g/mol. The molecule has 2 aromatic rings. The molecule has 2 rings (SSSR count). The molecular formula is C14H20ClN3O3. The second-order valence-corrected chi connectivity index (χ2v) is 4.73. The van der Waals surface area contributed by atoms with Crippen molar-refractivity contribution in [3.05, 3.63) is 34.8 Å². The lowest BCUT2D eigenvalue weighted by atomic mass is 10.3. The lowest BCUT2D eigenvalue weighted by molar-refractivity contribution is -0.121. The molecule has 0 aliphatic heterocycles. The van der Waals surface area contributed by atoms with Crippen LogP contribution in [0.25, 0.3) is 11.1 Å². The zero-order valence-electron chi connectivity index (χ0n) is 12.1. The summed E-state index contributed by atoms with van der Waals surface area (Å²) in [5.74, 6) is -0.508. The van der Waals surface area contributed by atoms with E-state index in [9.17, 15) is 9.59 Å². The van der Waals surface area contributed by atoms with Crippen LogP contribution in [-0.2, 0) is 11.3 Å². The van der Waals surface area contributed by atoms with Crippen LogP contribution in [0.4, 0.5) is 0 Å². The van der Waals surface area contributed by atoms with Gasteiger partial charge in [0, 0.05) is 25.6 Å². The lowest BCUT2D eigenvalue weighted by Crippen LogP contribution is -2.37. The van der Waals surface area contributed by atoms with Gasteiger partial charge in [-0.2, -0.15) is 0 Å². The predicted octanol–water partition coefficient (Wildman–Crippen LogP) is 1.13. The largest absolute Gasteiger partial charge is 0.419 e. The minimum absolute atomic E-state index is 0. The Balaban J connectivity index is 0.00000220. The van der Waals surface area contributed by atoms with Gasteiger partial charge in [-0.3, -0.25) is 9.36 Å². The van der Waals surface area contributed by atoms with Gasteiger partial charge in [0.2, 0.25) is 5.91 Å². The van der Waals surface area contributed by atoms with Gasteiger partial charge in [0.1, 0.15) is 0 Å². The van der Waals surface area contributed by atoms with Gasteiger partial charge in [0.25, 0.3) is 0 Å². The van der Waals surface area contributed by atoms with E-state index in [0.29, 0.717) is 24.2 Å². The van der Waals surface area contributed by atoms with Crippen LogP contribution in [-0.4, -0.2) is 30.1 Å². The Kier molecular flexibility index (Phi) is 6.45. The molecule has 6 nitrogen and oxygen atoms in total. The summed E-state index contributed by atoms with van der Waals surface area (Å²) in [6.07, 6.45) is 0.250. The molecule has 0 aliphatic carbocycles. The van der Waals surface area contributed by atoms with E-state index in [4.69, 9.17) is 4.42 Å². The minimum atomic E-state index is -0.428. The summed E-state index contributed by atoms with van der Waals surface area (Å²) in [5.41, 5.74) is 1.26. The van der Waals surface area contributed by atoms with E-state index in [1.54, 1.807) is 12.1 Å². The van der Waals surface area contributed by atoms with Gasteiger partial charge in [-0.15, -0.1) is 12.4 Å². The molecule has 0 bridgehead atoms. The molecule has 116 valence electrons. The number of hydrogen-bond donors (Lipinski definition) is 2. The van der Waals surface area contributed by atoms with Gasteiger partial charge in [-0.05, 0) is 26.1 Å². The van der Waals surface area contributed by atoms with Crippen LogP contribution in [0.2, 0.25) is 0 Å². The number of carbonyl (C=O) groups is 1. The maximum Gasteiger partial charge on any atom is 0.419 e. The second kappa shape index (κ2) is 7.85. The molecule has 1 amide bonds. The van der Waals surface area contributed by atoms with E-state index in [0.717, 1.165) is 0 Å². The first-order valence-electron chi connectivity index (χ1n) is 6.64. The van der Waals surface area contributed by atoms with Crippen molar-refractivity contribution in [1.82, 2.24) is 15.2 Å². The maximum atomic E-state index is 11.7. The summed E-state index contributed by atoms with van der Waals surface area (Å²) in [6.45, 7) is 2.86. The average Bonchev–Trinajstić information content (AvgIpc) is 2.78. The maximum absolute atomic E-state index is 11.7. The molecule has 0 radical (unpaired) electrons. The quantitative estimate of drug-likeness (QED) is 0.838. The summed E-state index contributed by atoms with van der Waals surface area (Å²) in [4.78, 5) is 23.4. The van der Waals surface area contributed by atoms with E-state index in [-0.39, 0.29) is 30.8 Å². The molecule has 1 unspecified atom stereocenters. The second-order valence-electron chi connectivity index (χ2n) is 4.73. The van der Waals surface area contributed by atoms with E-state index in [1.807, 2.05) is 26.1 Å². The van der Waals surface area contributed by atoms with Crippen molar-refractivity contribution in [2.45, 2.75) is 25.9 Å². The van der Waals surface area contributed by atoms with Crippen molar-refractivity contribution in [3.8, 4) is 0 Å². The van der Waals surface area contributed by atoms with Gasteiger partial charge < -0.3 is 15.1 Å². The van der Waals surface area contributed by atoms with Crippen LogP contribution in [0.5, 0.6) is 0 Å². The fourth-order valence-corrected chi connectivity index (χ4v) is 1.90. The number of rotatable bonds is 6. The normalized spacial score (nSPS) is 11.9. The molecule has 7 heteroatoms. The SMILES string of the molecule is CNC(C)CNC(=O)CCn1c(=O)oc2ccccc21.Cl. The van der Waals surface area contributed by atoms with Crippen LogP contribution < -0.4 is 16.4 Å². The molecule has 1 aromatic heterocycles. The molecule has 0 aliphatic rings. The van der Waals surface area contributed by atoms with Crippen LogP contribution in [0.3, 0.4) is 0 Å². The number of aryl methyl sites for hydroxylation is 1. The summed E-state index contributed by atoms with van der Waals surface area (Å²) in [7, 11) is 1.84. The number of nitrogens with one attached hydrogen (secondary N) is 2. The summed E-state index contributed by atoms with van der Waals surface area (Å²) in [5, 5.41) is 5.85. The zero-order chi connectivity index (χ0) is 14.5. The highest BCUT2D eigenvalue weighted by atomic mass is 35.5. The van der Waals surface area contributed by atoms with Crippen molar-refractivity contribution in [3.63, 3.8) is 0 Å². The van der Waals surface area contributed by atoms with Gasteiger partial charge >= 0.3 is 5.76 Å². The van der Waals surface area contributed by atoms with E-state index in [2.05, 4.69) is 10.6 Å². The highest BCUT2D eigenvalue weighted by molar-refractivity contribution is 5.85. The van der Waals surface area contributed by atoms with Crippen molar-refractivity contribution >= 4 is 29.4 Å². The number of likely N-dealkylation sites (N-methyl/N-ethyl adjacent to an activating group) is 1. The van der Waals surface area contributed by atoms with Gasteiger partial charge in [-0.1, -0.05) is 12.1 Å². The first kappa shape index (κ1) is 17.3. The molecule has 1 atom stereocenters. The first-order chi connectivity index (χ1) is 9.61. The van der Waals surface area contributed by atoms with Crippen molar-refractivity contribution < 1.29 is 9.21 Å². The highest BCUT2D eigenvalue weighted by Crippen LogP contribution is 2.11. The summed E-state index contributed by atoms with van der Waals surface area (Å²) in [6, 6.07) is 7.41. The summed E-state index contributed by atoms with van der Waals surface area (Å²) < 4.78 is 6.60. The Morgan fingerprint density at radius 2 is 2.10 bits per heavy atom. The van der Waals surface area contributed by atoms with Gasteiger partial charge in [0.05, 0.1) is 5.52 Å². The molecule has 21 heavy (non-hydrogen) atoms. The smallest absolute Gasteiger partial charge is 0.408 e. The third-order valence-corrected chi connectivity index (χ3v) is 3.23. The number of fused-ring (bicyclic) bond motifs is 1. The van der Waals surface area contributed by atoms with Crippen LogP contribution in [0.15, 0.2) is 33.5 Å². The zero-order valence-corrected chi connectivity index (χ0v) is 12.9. The van der Waals surface area contributed by atoms with E-state index in [1.165, 1.54) is 4.57 Å². The van der Waals surface area contributed by atoms with Crippen LogP contribution >= 0.6 is 12.4 Å². The predicted molar refractivity (Wildman–Crippen MR) is 83.9 cm³/mol. The number of benzene rings is 1. The Morgan fingerprint density at radius 1 is 1.38 bits per heavy atom. The number of hydrogen-bond acceptors (Lipinski definition) is 4. The van der Waals surface area contributed by atoms with Gasteiger partial charge in [0.15, 0.2) is 5.58 Å². The molecule has 0 saturated carbocycles. The number of halogens is 1. The molecule has 1 aromatic carbocycles. The number of oxazole rings is 1. The fourth-order valence-electron chi connectivity index (χ4n) is 1.90. The Bertz CT molecular complexity index is 650. The number of para-hydroxylation sites is 2. The Labute approximate surface area is 128 Å². The molecule has 0 spiro atoms. The third kappa shape index (κ3) is 4.34. The Morgan fingerprint density at radius 3 is 2.81 bits per heavy atom. The highest BCUT2D eigenvalue weighted by Gasteiger charge is 2.10. The fraction of sp³-hybridized carbons (Fsp3) is 0.429. The number of carbonyl (C=O) groups excluding carboxylic acids is 1. The standard InChI is InChI=1S/C14H19N3O3.ClH/c1-10(15-2)9-16-13(18)7-8-17-11-5-3-4-6-12(11)20-14(17)19;/h3-6,10,15H,7-9H2,1-2H3,(H,16,18);1H. The molecule has 2 N–H and O–H groups in total. The van der Waals surface area contributed by atoms with Crippen LogP contribution in [0, 0.1) is 0 Å². The average molecular weight is 314 g/mol. The first-order valence-corrected chi connectivity index (χ1v) is 6.64. The number of nitrogens with zero attached hydrogens (tertiary/aromatic N) is 1. The van der Waals surface area contributed by atoms with Crippen molar-refractivity contribution in [1.29, 1.82) is 0 Å². The lowest BCUT2D eigenvalue weighted by Gasteiger charge is -2.11. The number of aromatic nitrogens is 1. The van der Waals surface area contributed by atoms with Crippen LogP contribution in [0.1, 0.15) is 13.3 Å². The third-order valence-electron chi connectivity index (χ3n) is 3.23. The van der Waals surface area contributed by atoms with E-state index >= 15 is 0 Å². The molecule has 0 saturated heterocycles.